The van der Waals surface area contributed by atoms with Crippen LogP contribution in [-0.4, -0.2) is 48.9 Å². The minimum atomic E-state index is -4.47. The maximum atomic E-state index is 13.6. The standard InChI is InChI=1S/C22H26F3N3O/c1-16-3-5-17(6-4-16)13-21(29)26-19-8-7-18(20(14-19)22(23,24)25)15-28-11-9-27(2)10-12-28/h3-8,14H,9-13,15H2,1-2H3,(H,26,29). The molecule has 0 radical (unpaired) electrons. The lowest BCUT2D eigenvalue weighted by molar-refractivity contribution is -0.138. The van der Waals surface area contributed by atoms with Crippen LogP contribution in [0.25, 0.3) is 0 Å². The number of carbonyl (C=O) groups is 1. The molecule has 1 amide bonds. The molecular formula is C22H26F3N3O. The van der Waals surface area contributed by atoms with Gasteiger partial charge in [-0.1, -0.05) is 35.9 Å². The second-order valence-corrected chi connectivity index (χ2v) is 7.66. The van der Waals surface area contributed by atoms with Crippen molar-refractivity contribution in [1.29, 1.82) is 0 Å². The SMILES string of the molecule is Cc1ccc(CC(=O)Nc2ccc(CN3CCN(C)CC3)c(C(F)(F)F)c2)cc1. The molecular weight excluding hydrogens is 379 g/mol. The summed E-state index contributed by atoms with van der Waals surface area (Å²) < 4.78 is 40.9. The average Bonchev–Trinajstić information content (AvgIpc) is 2.66. The predicted molar refractivity (Wildman–Crippen MR) is 108 cm³/mol. The number of anilines is 1. The molecule has 0 atom stereocenters. The van der Waals surface area contributed by atoms with Gasteiger partial charge in [-0.2, -0.15) is 13.2 Å². The topological polar surface area (TPSA) is 35.6 Å². The van der Waals surface area contributed by atoms with E-state index in [1.807, 2.05) is 43.1 Å². The number of amides is 1. The van der Waals surface area contributed by atoms with Crippen molar-refractivity contribution >= 4 is 11.6 Å². The summed E-state index contributed by atoms with van der Waals surface area (Å²) in [6.07, 6.45) is -4.36. The Morgan fingerprint density at radius 3 is 2.31 bits per heavy atom. The van der Waals surface area contributed by atoms with Crippen LogP contribution in [0.3, 0.4) is 0 Å². The highest BCUT2D eigenvalue weighted by molar-refractivity contribution is 5.92. The first-order chi connectivity index (χ1) is 13.7. The quantitative estimate of drug-likeness (QED) is 0.819. The molecule has 29 heavy (non-hydrogen) atoms. The Kier molecular flexibility index (Phi) is 6.59. The number of carbonyl (C=O) groups excluding carboxylic acids is 1. The highest BCUT2D eigenvalue weighted by Gasteiger charge is 2.34. The molecule has 1 aliphatic rings. The smallest absolute Gasteiger partial charge is 0.326 e. The van der Waals surface area contributed by atoms with Gasteiger partial charge in [0.05, 0.1) is 12.0 Å². The van der Waals surface area contributed by atoms with Crippen LogP contribution in [0.5, 0.6) is 0 Å². The second-order valence-electron chi connectivity index (χ2n) is 7.66. The summed E-state index contributed by atoms with van der Waals surface area (Å²) in [4.78, 5) is 16.4. The molecule has 2 aromatic carbocycles. The normalized spacial score (nSPS) is 16.0. The Balaban J connectivity index is 1.71. The number of rotatable bonds is 5. The number of piperazine rings is 1. The third-order valence-corrected chi connectivity index (χ3v) is 5.17. The number of hydrogen-bond acceptors (Lipinski definition) is 3. The first-order valence-electron chi connectivity index (χ1n) is 9.67. The number of benzene rings is 2. The van der Waals surface area contributed by atoms with E-state index in [1.165, 1.54) is 6.07 Å². The van der Waals surface area contributed by atoms with Gasteiger partial charge in [0, 0.05) is 38.4 Å². The van der Waals surface area contributed by atoms with Crippen molar-refractivity contribution in [2.75, 3.05) is 38.5 Å². The Hall–Kier alpha value is -2.38. The first-order valence-corrected chi connectivity index (χ1v) is 9.67. The highest BCUT2D eigenvalue weighted by Crippen LogP contribution is 2.34. The zero-order valence-corrected chi connectivity index (χ0v) is 16.7. The number of nitrogens with zero attached hydrogens (tertiary/aromatic N) is 2. The lowest BCUT2D eigenvalue weighted by Crippen LogP contribution is -2.44. The molecule has 2 aromatic rings. The maximum absolute atomic E-state index is 13.6. The van der Waals surface area contributed by atoms with E-state index in [1.54, 1.807) is 6.07 Å². The third-order valence-electron chi connectivity index (χ3n) is 5.17. The fourth-order valence-electron chi connectivity index (χ4n) is 3.40. The summed E-state index contributed by atoms with van der Waals surface area (Å²) in [5.74, 6) is -0.339. The Morgan fingerprint density at radius 1 is 1.03 bits per heavy atom. The van der Waals surface area contributed by atoms with E-state index in [0.29, 0.717) is 0 Å². The van der Waals surface area contributed by atoms with Crippen LogP contribution in [0, 0.1) is 6.92 Å². The van der Waals surface area contributed by atoms with Crippen molar-refractivity contribution in [1.82, 2.24) is 9.80 Å². The number of aryl methyl sites for hydroxylation is 1. The fourth-order valence-corrected chi connectivity index (χ4v) is 3.40. The van der Waals surface area contributed by atoms with E-state index < -0.39 is 11.7 Å². The first kappa shape index (κ1) is 21.3. The van der Waals surface area contributed by atoms with Gasteiger partial charge in [0.2, 0.25) is 5.91 Å². The predicted octanol–water partition coefficient (Wildman–Crippen LogP) is 3.94. The maximum Gasteiger partial charge on any atom is 0.416 e. The Morgan fingerprint density at radius 2 is 1.69 bits per heavy atom. The molecule has 1 heterocycles. The molecule has 0 aromatic heterocycles. The molecule has 7 heteroatoms. The van der Waals surface area contributed by atoms with Crippen molar-refractivity contribution < 1.29 is 18.0 Å². The Bertz CT molecular complexity index is 841. The molecule has 0 spiro atoms. The molecule has 0 unspecified atom stereocenters. The van der Waals surface area contributed by atoms with Gasteiger partial charge >= 0.3 is 6.18 Å². The second kappa shape index (κ2) is 8.97. The average molecular weight is 405 g/mol. The van der Waals surface area contributed by atoms with E-state index in [2.05, 4.69) is 10.2 Å². The van der Waals surface area contributed by atoms with Gasteiger partial charge in [-0.05, 0) is 37.2 Å². The summed E-state index contributed by atoms with van der Waals surface area (Å²) in [5, 5.41) is 2.59. The van der Waals surface area contributed by atoms with Gasteiger partial charge in [-0.3, -0.25) is 9.69 Å². The summed E-state index contributed by atoms with van der Waals surface area (Å²) in [7, 11) is 2.01. The van der Waals surface area contributed by atoms with E-state index in [9.17, 15) is 18.0 Å². The van der Waals surface area contributed by atoms with Crippen molar-refractivity contribution in [3.05, 3.63) is 64.7 Å². The Labute approximate surface area is 169 Å². The number of hydrogen-bond donors (Lipinski definition) is 1. The molecule has 3 rings (SSSR count). The van der Waals surface area contributed by atoms with Gasteiger partial charge in [-0.25, -0.2) is 0 Å². The van der Waals surface area contributed by atoms with Crippen molar-refractivity contribution in [2.45, 2.75) is 26.1 Å². The summed E-state index contributed by atoms with van der Waals surface area (Å²) in [6, 6.07) is 11.5. The van der Waals surface area contributed by atoms with Crippen LogP contribution >= 0.6 is 0 Å². The minimum absolute atomic E-state index is 0.116. The van der Waals surface area contributed by atoms with Gasteiger partial charge in [-0.15, -0.1) is 0 Å². The zero-order valence-electron chi connectivity index (χ0n) is 16.7. The van der Waals surface area contributed by atoms with Gasteiger partial charge in [0.25, 0.3) is 0 Å². The van der Waals surface area contributed by atoms with E-state index in [-0.39, 0.29) is 30.1 Å². The van der Waals surface area contributed by atoms with Crippen molar-refractivity contribution in [3.63, 3.8) is 0 Å². The van der Waals surface area contributed by atoms with Gasteiger partial charge in [0.15, 0.2) is 0 Å². The largest absolute Gasteiger partial charge is 0.416 e. The monoisotopic (exact) mass is 405 g/mol. The highest BCUT2D eigenvalue weighted by atomic mass is 19.4. The van der Waals surface area contributed by atoms with Crippen LogP contribution in [0.1, 0.15) is 22.3 Å². The summed E-state index contributed by atoms with van der Waals surface area (Å²) in [6.45, 7) is 5.36. The number of halogens is 3. The van der Waals surface area contributed by atoms with E-state index >= 15 is 0 Å². The lowest BCUT2D eigenvalue weighted by atomic mass is 10.0. The van der Waals surface area contributed by atoms with Crippen LogP contribution in [0.4, 0.5) is 18.9 Å². The van der Waals surface area contributed by atoms with Crippen LogP contribution in [0.15, 0.2) is 42.5 Å². The molecule has 1 N–H and O–H groups in total. The third kappa shape index (κ3) is 6.05. The van der Waals surface area contributed by atoms with Crippen LogP contribution in [0.2, 0.25) is 0 Å². The molecule has 0 aliphatic carbocycles. The molecule has 0 bridgehead atoms. The molecule has 4 nitrogen and oxygen atoms in total. The summed E-state index contributed by atoms with van der Waals surface area (Å²) >= 11 is 0. The van der Waals surface area contributed by atoms with Gasteiger partial charge < -0.3 is 10.2 Å². The van der Waals surface area contributed by atoms with Crippen LogP contribution < -0.4 is 5.32 Å². The minimum Gasteiger partial charge on any atom is -0.326 e. The van der Waals surface area contributed by atoms with Gasteiger partial charge in [0.1, 0.15) is 0 Å². The summed E-state index contributed by atoms with van der Waals surface area (Å²) in [5.41, 5.74) is 1.61. The molecule has 1 fully saturated rings. The molecule has 1 saturated heterocycles. The number of alkyl halides is 3. The fraction of sp³-hybridized carbons (Fsp3) is 0.409. The zero-order chi connectivity index (χ0) is 21.0. The van der Waals surface area contributed by atoms with Crippen LogP contribution in [-0.2, 0) is 23.9 Å². The number of likely N-dealkylation sites (N-methyl/N-ethyl adjacent to an activating group) is 1. The van der Waals surface area contributed by atoms with E-state index in [0.717, 1.165) is 43.4 Å². The molecule has 1 aliphatic heterocycles. The van der Waals surface area contributed by atoms with Crippen molar-refractivity contribution in [3.8, 4) is 0 Å². The van der Waals surface area contributed by atoms with Crippen molar-refractivity contribution in [2.24, 2.45) is 0 Å². The molecule has 0 saturated carbocycles. The number of nitrogens with one attached hydrogen (secondary N) is 1. The lowest BCUT2D eigenvalue weighted by Gasteiger charge is -2.33. The van der Waals surface area contributed by atoms with E-state index in [4.69, 9.17) is 0 Å². The molecule has 156 valence electrons.